The molecule has 1 atom stereocenters. The molecule has 0 aromatic carbocycles. The minimum Gasteiger partial charge on any atom is -0.212 e. The molecule has 1 saturated heterocycles. The van der Waals surface area contributed by atoms with Crippen molar-refractivity contribution in [3.05, 3.63) is 0 Å². The van der Waals surface area contributed by atoms with Crippen LogP contribution in [0.3, 0.4) is 0 Å². The van der Waals surface area contributed by atoms with Crippen LogP contribution in [0.2, 0.25) is 0 Å². The van der Waals surface area contributed by atoms with Gasteiger partial charge in [-0.3, -0.25) is 0 Å². The molecule has 0 bridgehead atoms. The normalized spacial score (nSPS) is 30.9. The van der Waals surface area contributed by atoms with Gasteiger partial charge in [-0.25, -0.2) is 12.7 Å². The number of piperidine rings is 1. The van der Waals surface area contributed by atoms with Crippen LogP contribution in [-0.4, -0.2) is 31.1 Å². The van der Waals surface area contributed by atoms with E-state index in [1.54, 1.807) is 4.31 Å². The molecule has 88 valence electrons. The highest BCUT2D eigenvalue weighted by molar-refractivity contribution is 7.89. The molecule has 0 amide bonds. The minimum atomic E-state index is -2.96. The zero-order valence-electron chi connectivity index (χ0n) is 9.48. The molecule has 0 aromatic heterocycles. The molecule has 0 spiro atoms. The Morgan fingerprint density at radius 2 is 1.73 bits per heavy atom. The monoisotopic (exact) mass is 231 g/mol. The quantitative estimate of drug-likeness (QED) is 0.729. The maximum atomic E-state index is 12.3. The van der Waals surface area contributed by atoms with Gasteiger partial charge in [0, 0.05) is 13.1 Å². The fraction of sp³-hybridized carbons (Fsp3) is 1.00. The molecule has 3 nitrogen and oxygen atoms in total. The van der Waals surface area contributed by atoms with E-state index in [2.05, 4.69) is 6.92 Å². The second-order valence-electron chi connectivity index (χ2n) is 5.06. The minimum absolute atomic E-state index is 0.0669. The maximum absolute atomic E-state index is 12.3. The van der Waals surface area contributed by atoms with Crippen LogP contribution in [0.15, 0.2) is 0 Å². The van der Waals surface area contributed by atoms with Crippen LogP contribution in [0, 0.1) is 5.92 Å². The summed E-state index contributed by atoms with van der Waals surface area (Å²) in [7, 11) is -2.96. The summed E-state index contributed by atoms with van der Waals surface area (Å²) in [5.74, 6) is 0.537. The number of nitrogens with zero attached hydrogens (tertiary/aromatic N) is 1. The van der Waals surface area contributed by atoms with Gasteiger partial charge in [0.05, 0.1) is 5.25 Å². The van der Waals surface area contributed by atoms with Gasteiger partial charge in [-0.15, -0.1) is 0 Å². The molecule has 15 heavy (non-hydrogen) atoms. The molecule has 1 saturated carbocycles. The van der Waals surface area contributed by atoms with Gasteiger partial charge in [0.2, 0.25) is 10.0 Å². The molecule has 1 aliphatic carbocycles. The van der Waals surface area contributed by atoms with E-state index in [0.717, 1.165) is 45.2 Å². The lowest BCUT2D eigenvalue weighted by molar-refractivity contribution is 0.278. The SMILES string of the molecule is CC1CCCN(S(=O)(=O)C2CCCC2)C1. The topological polar surface area (TPSA) is 37.4 Å². The van der Waals surface area contributed by atoms with Crippen LogP contribution in [0.5, 0.6) is 0 Å². The molecule has 4 heteroatoms. The molecular formula is C11H21NO2S. The molecule has 1 unspecified atom stereocenters. The summed E-state index contributed by atoms with van der Waals surface area (Å²) < 4.78 is 26.3. The summed E-state index contributed by atoms with van der Waals surface area (Å²) in [6.07, 6.45) is 6.16. The second-order valence-corrected chi connectivity index (χ2v) is 7.27. The summed E-state index contributed by atoms with van der Waals surface area (Å²) in [6.45, 7) is 3.65. The lowest BCUT2D eigenvalue weighted by atomic mass is 10.0. The van der Waals surface area contributed by atoms with Gasteiger partial charge in [0.1, 0.15) is 0 Å². The van der Waals surface area contributed by atoms with Crippen molar-refractivity contribution >= 4 is 10.0 Å². The Bertz CT molecular complexity index is 307. The van der Waals surface area contributed by atoms with Crippen LogP contribution < -0.4 is 0 Å². The molecule has 0 radical (unpaired) electrons. The third kappa shape index (κ3) is 2.36. The highest BCUT2D eigenvalue weighted by Gasteiger charge is 2.35. The fourth-order valence-corrected chi connectivity index (χ4v) is 4.97. The summed E-state index contributed by atoms with van der Waals surface area (Å²) in [5, 5.41) is -0.0669. The highest BCUT2D eigenvalue weighted by atomic mass is 32.2. The van der Waals surface area contributed by atoms with Gasteiger partial charge in [-0.05, 0) is 31.6 Å². The van der Waals surface area contributed by atoms with Gasteiger partial charge >= 0.3 is 0 Å². The van der Waals surface area contributed by atoms with Crippen molar-refractivity contribution in [1.82, 2.24) is 4.31 Å². The predicted octanol–water partition coefficient (Wildman–Crippen LogP) is 1.99. The van der Waals surface area contributed by atoms with Crippen molar-refractivity contribution in [1.29, 1.82) is 0 Å². The van der Waals surface area contributed by atoms with E-state index in [9.17, 15) is 8.42 Å². The third-order valence-electron chi connectivity index (χ3n) is 3.70. The standard InChI is InChI=1S/C11H21NO2S/c1-10-5-4-8-12(9-10)15(13,14)11-6-2-3-7-11/h10-11H,2-9H2,1H3. The molecule has 2 rings (SSSR count). The zero-order chi connectivity index (χ0) is 10.9. The Balaban J connectivity index is 2.07. The Morgan fingerprint density at radius 3 is 2.33 bits per heavy atom. The van der Waals surface area contributed by atoms with Crippen LogP contribution in [0.1, 0.15) is 45.4 Å². The average Bonchev–Trinajstić information content (AvgIpc) is 2.71. The molecular weight excluding hydrogens is 210 g/mol. The van der Waals surface area contributed by atoms with Crippen molar-refractivity contribution in [3.63, 3.8) is 0 Å². The fourth-order valence-electron chi connectivity index (χ4n) is 2.77. The molecule has 0 N–H and O–H groups in total. The predicted molar refractivity (Wildman–Crippen MR) is 61.1 cm³/mol. The lowest BCUT2D eigenvalue weighted by Crippen LogP contribution is -2.43. The van der Waals surface area contributed by atoms with E-state index in [1.807, 2.05) is 0 Å². The van der Waals surface area contributed by atoms with Crippen LogP contribution in [0.4, 0.5) is 0 Å². The van der Waals surface area contributed by atoms with Crippen molar-refractivity contribution in [2.45, 2.75) is 50.7 Å². The first-order valence-corrected chi connectivity index (χ1v) is 7.60. The molecule has 1 aliphatic heterocycles. The van der Waals surface area contributed by atoms with Gasteiger partial charge in [-0.1, -0.05) is 19.8 Å². The van der Waals surface area contributed by atoms with Crippen LogP contribution in [0.25, 0.3) is 0 Å². The van der Waals surface area contributed by atoms with E-state index in [1.165, 1.54) is 6.42 Å². The van der Waals surface area contributed by atoms with Crippen molar-refractivity contribution < 1.29 is 8.42 Å². The molecule has 1 heterocycles. The van der Waals surface area contributed by atoms with Crippen LogP contribution >= 0.6 is 0 Å². The van der Waals surface area contributed by atoms with Gasteiger partial charge in [-0.2, -0.15) is 0 Å². The Hall–Kier alpha value is -0.0900. The molecule has 2 fully saturated rings. The van der Waals surface area contributed by atoms with Gasteiger partial charge in [0.25, 0.3) is 0 Å². The number of hydrogen-bond acceptors (Lipinski definition) is 2. The van der Waals surface area contributed by atoms with Crippen molar-refractivity contribution in [3.8, 4) is 0 Å². The number of sulfonamides is 1. The first-order chi connectivity index (χ1) is 7.10. The third-order valence-corrected chi connectivity index (χ3v) is 6.07. The van der Waals surface area contributed by atoms with Crippen molar-refractivity contribution in [2.24, 2.45) is 5.92 Å². The summed E-state index contributed by atoms with van der Waals surface area (Å²) in [4.78, 5) is 0. The van der Waals surface area contributed by atoms with E-state index >= 15 is 0 Å². The van der Waals surface area contributed by atoms with Crippen molar-refractivity contribution in [2.75, 3.05) is 13.1 Å². The van der Waals surface area contributed by atoms with E-state index < -0.39 is 10.0 Å². The zero-order valence-corrected chi connectivity index (χ0v) is 10.3. The smallest absolute Gasteiger partial charge is 0.212 e. The van der Waals surface area contributed by atoms with E-state index in [4.69, 9.17) is 0 Å². The summed E-state index contributed by atoms with van der Waals surface area (Å²) in [5.41, 5.74) is 0. The molecule has 0 aromatic rings. The second kappa shape index (κ2) is 4.42. The summed E-state index contributed by atoms with van der Waals surface area (Å²) >= 11 is 0. The number of hydrogen-bond donors (Lipinski definition) is 0. The maximum Gasteiger partial charge on any atom is 0.216 e. The van der Waals surface area contributed by atoms with E-state index in [-0.39, 0.29) is 5.25 Å². The van der Waals surface area contributed by atoms with Gasteiger partial charge in [0.15, 0.2) is 0 Å². The molecule has 2 aliphatic rings. The van der Waals surface area contributed by atoms with Gasteiger partial charge < -0.3 is 0 Å². The van der Waals surface area contributed by atoms with Crippen LogP contribution in [-0.2, 0) is 10.0 Å². The number of rotatable bonds is 2. The largest absolute Gasteiger partial charge is 0.216 e. The Labute approximate surface area is 92.9 Å². The Kier molecular flexibility index (Phi) is 3.36. The summed E-state index contributed by atoms with van der Waals surface area (Å²) in [6, 6.07) is 0. The lowest BCUT2D eigenvalue weighted by Gasteiger charge is -2.32. The first kappa shape index (κ1) is 11.4. The Morgan fingerprint density at radius 1 is 1.07 bits per heavy atom. The first-order valence-electron chi connectivity index (χ1n) is 6.09. The average molecular weight is 231 g/mol. The van der Waals surface area contributed by atoms with E-state index in [0.29, 0.717) is 5.92 Å². The highest BCUT2D eigenvalue weighted by Crippen LogP contribution is 2.29.